The number of rotatable bonds is 9. The molecule has 29 heavy (non-hydrogen) atoms. The van der Waals surface area contributed by atoms with Crippen LogP contribution in [0.4, 0.5) is 5.69 Å². The monoisotopic (exact) mass is 420 g/mol. The van der Waals surface area contributed by atoms with Crippen LogP contribution in [-0.4, -0.2) is 51.4 Å². The van der Waals surface area contributed by atoms with Gasteiger partial charge in [0, 0.05) is 13.1 Å². The van der Waals surface area contributed by atoms with E-state index in [0.717, 1.165) is 0 Å². The summed E-state index contributed by atoms with van der Waals surface area (Å²) in [5.74, 6) is -0.868. The van der Waals surface area contributed by atoms with Crippen LogP contribution < -0.4 is 10.1 Å². The van der Waals surface area contributed by atoms with Gasteiger partial charge in [0.15, 0.2) is 6.61 Å². The molecule has 9 heteroatoms. The lowest BCUT2D eigenvalue weighted by molar-refractivity contribution is -0.119. The maximum Gasteiger partial charge on any atom is 0.338 e. The van der Waals surface area contributed by atoms with Gasteiger partial charge in [0.25, 0.3) is 5.91 Å². The molecule has 0 spiro atoms. The van der Waals surface area contributed by atoms with Crippen molar-refractivity contribution in [1.29, 1.82) is 0 Å². The number of methoxy groups -OCH3 is 1. The highest BCUT2D eigenvalue weighted by Crippen LogP contribution is 2.23. The second kappa shape index (κ2) is 10.0. The molecule has 0 radical (unpaired) electrons. The van der Waals surface area contributed by atoms with Crippen molar-refractivity contribution in [2.45, 2.75) is 18.7 Å². The van der Waals surface area contributed by atoms with Crippen molar-refractivity contribution in [2.75, 3.05) is 32.1 Å². The molecule has 0 saturated heterocycles. The molecular weight excluding hydrogens is 396 g/mol. The maximum atomic E-state index is 12.6. The number of nitrogens with one attached hydrogen (secondary N) is 1. The van der Waals surface area contributed by atoms with Gasteiger partial charge < -0.3 is 14.8 Å². The second-order valence-corrected chi connectivity index (χ2v) is 7.88. The Hall–Kier alpha value is -2.91. The van der Waals surface area contributed by atoms with Crippen LogP contribution in [0.3, 0.4) is 0 Å². The predicted octanol–water partition coefficient (Wildman–Crippen LogP) is 2.52. The number of hydrogen-bond donors (Lipinski definition) is 1. The highest BCUT2D eigenvalue weighted by molar-refractivity contribution is 7.89. The Kier molecular flexibility index (Phi) is 7.74. The number of amides is 1. The van der Waals surface area contributed by atoms with Crippen LogP contribution in [0.1, 0.15) is 24.2 Å². The molecule has 2 aromatic rings. The molecule has 8 nitrogen and oxygen atoms in total. The quantitative estimate of drug-likeness (QED) is 0.626. The van der Waals surface area contributed by atoms with Gasteiger partial charge in [0.05, 0.1) is 23.3 Å². The third kappa shape index (κ3) is 5.55. The number of anilines is 1. The number of benzene rings is 2. The fourth-order valence-corrected chi connectivity index (χ4v) is 4.15. The fourth-order valence-electron chi connectivity index (χ4n) is 2.64. The molecule has 2 rings (SSSR count). The number of hydrogen-bond acceptors (Lipinski definition) is 6. The minimum Gasteiger partial charge on any atom is -0.495 e. The Morgan fingerprint density at radius 1 is 1.03 bits per heavy atom. The van der Waals surface area contributed by atoms with Gasteiger partial charge in [-0.1, -0.05) is 32.0 Å². The largest absolute Gasteiger partial charge is 0.495 e. The third-order valence-electron chi connectivity index (χ3n) is 4.13. The molecule has 156 valence electrons. The van der Waals surface area contributed by atoms with Crippen molar-refractivity contribution in [3.8, 4) is 5.75 Å². The van der Waals surface area contributed by atoms with Gasteiger partial charge in [-0.05, 0) is 30.3 Å². The third-order valence-corrected chi connectivity index (χ3v) is 6.17. The van der Waals surface area contributed by atoms with Crippen LogP contribution in [-0.2, 0) is 19.6 Å². The first kappa shape index (κ1) is 22.4. The molecule has 0 aliphatic rings. The molecule has 0 saturated carbocycles. The second-order valence-electron chi connectivity index (χ2n) is 5.94. The zero-order valence-corrected chi connectivity index (χ0v) is 17.4. The molecule has 0 fully saturated rings. The number of carbonyl (C=O) groups excluding carboxylic acids is 2. The lowest BCUT2D eigenvalue weighted by atomic mass is 10.2. The summed E-state index contributed by atoms with van der Waals surface area (Å²) in [6, 6.07) is 12.4. The van der Waals surface area contributed by atoms with Crippen LogP contribution in [0, 0.1) is 0 Å². The first-order valence-electron chi connectivity index (χ1n) is 9.03. The fraction of sp³-hybridized carbons (Fsp3) is 0.300. The highest BCUT2D eigenvalue weighted by atomic mass is 32.2. The lowest BCUT2D eigenvalue weighted by Gasteiger charge is -2.18. The molecule has 0 heterocycles. The summed E-state index contributed by atoms with van der Waals surface area (Å²) in [5, 5.41) is 2.59. The molecule has 1 amide bonds. The van der Waals surface area contributed by atoms with Crippen LogP contribution in [0.15, 0.2) is 53.4 Å². The van der Waals surface area contributed by atoms with Gasteiger partial charge in [0.1, 0.15) is 5.75 Å². The summed E-state index contributed by atoms with van der Waals surface area (Å²) in [5.41, 5.74) is 0.492. The van der Waals surface area contributed by atoms with E-state index in [0.29, 0.717) is 24.5 Å². The minimum absolute atomic E-state index is 0.00544. The average molecular weight is 420 g/mol. The SMILES string of the molecule is CCN(CC)S(=O)(=O)c1cccc(C(=O)OCC(=O)Nc2ccccc2OC)c1. The Labute approximate surface area is 170 Å². The van der Waals surface area contributed by atoms with Gasteiger partial charge in [-0.15, -0.1) is 0 Å². The Balaban J connectivity index is 2.05. The average Bonchev–Trinajstić information content (AvgIpc) is 2.73. The Bertz CT molecular complexity index is 970. The number of nitrogens with zero attached hydrogens (tertiary/aromatic N) is 1. The van der Waals surface area contributed by atoms with Crippen molar-refractivity contribution in [1.82, 2.24) is 4.31 Å². The number of ether oxygens (including phenoxy) is 2. The van der Waals surface area contributed by atoms with E-state index in [9.17, 15) is 18.0 Å². The van der Waals surface area contributed by atoms with E-state index >= 15 is 0 Å². The van der Waals surface area contributed by atoms with Gasteiger partial charge in [-0.3, -0.25) is 4.79 Å². The minimum atomic E-state index is -3.70. The van der Waals surface area contributed by atoms with Crippen LogP contribution in [0.2, 0.25) is 0 Å². The topological polar surface area (TPSA) is 102 Å². The first-order chi connectivity index (χ1) is 13.8. The van der Waals surface area contributed by atoms with E-state index in [4.69, 9.17) is 9.47 Å². The maximum absolute atomic E-state index is 12.6. The lowest BCUT2D eigenvalue weighted by Crippen LogP contribution is -2.30. The van der Waals surface area contributed by atoms with Crippen molar-refractivity contribution in [3.05, 3.63) is 54.1 Å². The van der Waals surface area contributed by atoms with E-state index in [2.05, 4.69) is 5.32 Å². The molecule has 1 N–H and O–H groups in total. The van der Waals surface area contributed by atoms with Crippen molar-refractivity contribution >= 4 is 27.6 Å². The van der Waals surface area contributed by atoms with Gasteiger partial charge in [-0.2, -0.15) is 4.31 Å². The van der Waals surface area contributed by atoms with Gasteiger partial charge in [0.2, 0.25) is 10.0 Å². The van der Waals surface area contributed by atoms with Crippen LogP contribution in [0.5, 0.6) is 5.75 Å². The first-order valence-corrected chi connectivity index (χ1v) is 10.5. The predicted molar refractivity (Wildman–Crippen MR) is 108 cm³/mol. The van der Waals surface area contributed by atoms with Crippen molar-refractivity contribution in [3.63, 3.8) is 0 Å². The van der Waals surface area contributed by atoms with E-state index < -0.39 is 28.5 Å². The number of para-hydroxylation sites is 2. The molecule has 2 aromatic carbocycles. The standard InChI is InChI=1S/C20H24N2O6S/c1-4-22(5-2)29(25,26)16-10-8-9-15(13-16)20(24)28-14-19(23)21-17-11-6-7-12-18(17)27-3/h6-13H,4-5,14H2,1-3H3,(H,21,23). The van der Waals surface area contributed by atoms with Crippen molar-refractivity contribution < 1.29 is 27.5 Å². The Morgan fingerprint density at radius 2 is 1.72 bits per heavy atom. The molecule has 0 aromatic heterocycles. The van der Waals surface area contributed by atoms with Crippen molar-refractivity contribution in [2.24, 2.45) is 0 Å². The van der Waals surface area contributed by atoms with Gasteiger partial charge in [-0.25, -0.2) is 13.2 Å². The molecule has 0 bridgehead atoms. The molecular formula is C20H24N2O6S. The van der Waals surface area contributed by atoms with Crippen LogP contribution in [0.25, 0.3) is 0 Å². The van der Waals surface area contributed by atoms with Crippen LogP contribution >= 0.6 is 0 Å². The summed E-state index contributed by atoms with van der Waals surface area (Å²) in [4.78, 5) is 24.3. The summed E-state index contributed by atoms with van der Waals surface area (Å²) in [7, 11) is -2.23. The van der Waals surface area contributed by atoms with E-state index in [-0.39, 0.29) is 10.5 Å². The van der Waals surface area contributed by atoms with E-state index in [1.807, 2.05) is 0 Å². The van der Waals surface area contributed by atoms with E-state index in [1.54, 1.807) is 38.1 Å². The zero-order valence-electron chi connectivity index (χ0n) is 16.5. The Morgan fingerprint density at radius 3 is 2.38 bits per heavy atom. The summed E-state index contributed by atoms with van der Waals surface area (Å²) in [6.07, 6.45) is 0. The number of carbonyl (C=O) groups is 2. The molecule has 0 aliphatic heterocycles. The highest BCUT2D eigenvalue weighted by Gasteiger charge is 2.23. The molecule has 0 unspecified atom stereocenters. The zero-order chi connectivity index (χ0) is 21.4. The molecule has 0 atom stereocenters. The number of esters is 1. The van der Waals surface area contributed by atoms with E-state index in [1.165, 1.54) is 35.7 Å². The number of sulfonamides is 1. The smallest absolute Gasteiger partial charge is 0.338 e. The summed E-state index contributed by atoms with van der Waals surface area (Å²) >= 11 is 0. The normalized spacial score (nSPS) is 11.2. The molecule has 0 aliphatic carbocycles. The summed E-state index contributed by atoms with van der Waals surface area (Å²) in [6.45, 7) is 3.58. The van der Waals surface area contributed by atoms with Gasteiger partial charge >= 0.3 is 5.97 Å². The summed E-state index contributed by atoms with van der Waals surface area (Å²) < 4.78 is 36.6.